The van der Waals surface area contributed by atoms with Crippen molar-refractivity contribution in [1.82, 2.24) is 23.7 Å². The summed E-state index contributed by atoms with van der Waals surface area (Å²) in [5, 5.41) is 46.0. The molecule has 4 aromatic carbocycles. The van der Waals surface area contributed by atoms with Crippen molar-refractivity contribution >= 4 is 127 Å². The number of azo groups is 2. The van der Waals surface area contributed by atoms with Crippen molar-refractivity contribution in [3.63, 3.8) is 0 Å². The van der Waals surface area contributed by atoms with Crippen molar-refractivity contribution in [2.45, 2.75) is 37.5 Å². The number of hydrogen-bond acceptors (Lipinski definition) is 24. The number of methoxy groups -OCH3 is 2. The molecule has 0 radical (unpaired) electrons. The molecule has 0 aliphatic rings. The van der Waals surface area contributed by atoms with Gasteiger partial charge in [0, 0.05) is 62.2 Å². The molecule has 6 N–H and O–H groups in total. The van der Waals surface area contributed by atoms with E-state index in [4.69, 9.17) is 24.4 Å². The molecule has 0 atom stereocenters. The van der Waals surface area contributed by atoms with Crippen LogP contribution in [0.1, 0.15) is 27.7 Å². The van der Waals surface area contributed by atoms with Crippen LogP contribution in [-0.4, -0.2) is 127 Å². The van der Waals surface area contributed by atoms with Crippen LogP contribution in [0.25, 0.3) is 21.8 Å². The van der Waals surface area contributed by atoms with E-state index in [1.54, 1.807) is 29.2 Å². The van der Waals surface area contributed by atoms with Crippen LogP contribution in [-0.2, 0) is 20.2 Å². The summed E-state index contributed by atoms with van der Waals surface area (Å²) in [6.45, 7) is 9.87. The van der Waals surface area contributed by atoms with Crippen LogP contribution in [0, 0.1) is 0 Å². The Morgan fingerprint density at radius 1 is 0.577 bits per heavy atom. The van der Waals surface area contributed by atoms with E-state index in [0.29, 0.717) is 82.2 Å². The molecule has 3 heterocycles. The number of ether oxygens (including phenoxy) is 2. The van der Waals surface area contributed by atoms with E-state index in [1.165, 1.54) is 50.6 Å². The quantitative estimate of drug-likeness (QED) is 0.0259. The molecule has 71 heavy (non-hydrogen) atoms. The predicted octanol–water partition coefficient (Wildman–Crippen LogP) is 8.40. The van der Waals surface area contributed by atoms with Crippen molar-refractivity contribution in [2.75, 3.05) is 92.0 Å². The van der Waals surface area contributed by atoms with Crippen molar-refractivity contribution in [2.24, 2.45) is 20.5 Å². The molecular formula is C43H50N14O10S4. The van der Waals surface area contributed by atoms with Gasteiger partial charge in [-0.3, -0.25) is 9.11 Å². The third-order valence-electron chi connectivity index (χ3n) is 10.9. The lowest BCUT2D eigenvalue weighted by atomic mass is 10.2. The first-order chi connectivity index (χ1) is 34.0. The van der Waals surface area contributed by atoms with E-state index in [2.05, 4.69) is 49.6 Å². The summed E-state index contributed by atoms with van der Waals surface area (Å²) in [6.07, 6.45) is 0. The largest absolute Gasteiger partial charge is 0.494 e. The molecule has 376 valence electrons. The van der Waals surface area contributed by atoms with Crippen LogP contribution in [0.2, 0.25) is 0 Å². The number of aliphatic hydroxyl groups excluding tert-OH is 2. The fraction of sp³-hybridized carbons (Fsp3) is 0.326. The maximum absolute atomic E-state index is 12.0. The van der Waals surface area contributed by atoms with Crippen LogP contribution < -0.4 is 34.8 Å². The average Bonchev–Trinajstić information content (AvgIpc) is 3.96. The van der Waals surface area contributed by atoms with Gasteiger partial charge in [0.15, 0.2) is 10.0 Å². The van der Waals surface area contributed by atoms with Gasteiger partial charge in [0.25, 0.3) is 20.2 Å². The average molecular weight is 1050 g/mol. The summed E-state index contributed by atoms with van der Waals surface area (Å²) in [6, 6.07) is 14.8. The first-order valence-corrected chi connectivity index (χ1v) is 26.3. The zero-order valence-corrected chi connectivity index (χ0v) is 42.4. The third kappa shape index (κ3) is 11.9. The Bertz CT molecular complexity index is 3120. The van der Waals surface area contributed by atoms with E-state index in [1.807, 2.05) is 27.7 Å². The summed E-state index contributed by atoms with van der Waals surface area (Å²) in [5.41, 5.74) is 3.43. The molecule has 0 saturated carbocycles. The Kier molecular flexibility index (Phi) is 16.5. The Morgan fingerprint density at radius 3 is 1.34 bits per heavy atom. The number of nitrogens with one attached hydrogen (secondary N) is 2. The molecule has 0 aliphatic carbocycles. The van der Waals surface area contributed by atoms with Gasteiger partial charge in [0.05, 0.1) is 71.0 Å². The SMILES string of the molecule is CCN(CC)c1cc(Nc2nc(Nc3cc(N(CC)CC)c(OC)cc3/N=N/c3snc4ccc(S(=O)(=O)O)cc34)nc(N(CCO)CCO)n2)c(/N=N/c2snc3ccc(S(=O)(=O)O)cc23)cc1OC. The van der Waals surface area contributed by atoms with Crippen LogP contribution in [0.3, 0.4) is 0 Å². The smallest absolute Gasteiger partial charge is 0.294 e. The van der Waals surface area contributed by atoms with E-state index in [-0.39, 0.29) is 75.3 Å². The van der Waals surface area contributed by atoms with Gasteiger partial charge >= 0.3 is 0 Å². The van der Waals surface area contributed by atoms with Crippen LogP contribution >= 0.6 is 23.1 Å². The van der Waals surface area contributed by atoms with Crippen molar-refractivity contribution in [3.05, 3.63) is 60.7 Å². The summed E-state index contributed by atoms with van der Waals surface area (Å²) in [4.78, 5) is 19.2. The summed E-state index contributed by atoms with van der Waals surface area (Å²) in [5.74, 6) is 0.950. The second kappa shape index (κ2) is 22.5. The highest BCUT2D eigenvalue weighted by atomic mass is 32.2. The monoisotopic (exact) mass is 1050 g/mol. The predicted molar refractivity (Wildman–Crippen MR) is 273 cm³/mol. The minimum Gasteiger partial charge on any atom is -0.494 e. The fourth-order valence-corrected chi connectivity index (χ4v) is 9.70. The minimum absolute atomic E-state index is 0.0158. The first-order valence-electron chi connectivity index (χ1n) is 21.8. The third-order valence-corrected chi connectivity index (χ3v) is 14.1. The number of nitrogens with zero attached hydrogens (tertiary/aromatic N) is 12. The van der Waals surface area contributed by atoms with Crippen LogP contribution in [0.15, 0.2) is 90.9 Å². The Morgan fingerprint density at radius 2 is 0.986 bits per heavy atom. The highest BCUT2D eigenvalue weighted by molar-refractivity contribution is 7.86. The topological polar surface area (TPSA) is 315 Å². The molecule has 7 aromatic rings. The highest BCUT2D eigenvalue weighted by Crippen LogP contribution is 2.44. The van der Waals surface area contributed by atoms with E-state index < -0.39 is 20.2 Å². The minimum atomic E-state index is -4.53. The van der Waals surface area contributed by atoms with E-state index in [0.717, 1.165) is 23.1 Å². The maximum Gasteiger partial charge on any atom is 0.294 e. The molecule has 7 rings (SSSR count). The molecule has 0 amide bonds. The molecule has 0 aliphatic heterocycles. The zero-order valence-electron chi connectivity index (χ0n) is 39.2. The van der Waals surface area contributed by atoms with E-state index in [9.17, 15) is 36.2 Å². The zero-order chi connectivity index (χ0) is 51.0. The maximum atomic E-state index is 12.0. The number of anilines is 7. The molecule has 0 spiro atoms. The molecule has 0 saturated heterocycles. The van der Waals surface area contributed by atoms with Gasteiger partial charge < -0.3 is 45.0 Å². The summed E-state index contributed by atoms with van der Waals surface area (Å²) >= 11 is 1.95. The number of fused-ring (bicyclic) bond motifs is 2. The Balaban J connectivity index is 1.38. The second-order valence-electron chi connectivity index (χ2n) is 15.1. The Hall–Kier alpha value is -6.79. The number of aliphatic hydroxyl groups is 2. The standard InChI is InChI=1S/C43H50N14O10S4/c1-7-55(8-2)35-21-31(33(23-37(35)66-5)49-51-39-27-19-25(70(60,61)62)11-13-29(27)53-68-39)44-41-46-42(48-43(47-41)57(15-17-58)16-18-59)45-32-22-36(56(9-3)10-4)38(67-6)24-34(32)50-52-40-28-20-26(71(63,64)65)12-14-30(28)54-69-40/h11-14,19-24,58-59H,7-10,15-18H2,1-6H3,(H,60,61,62)(H,63,64,65)(H2,44,45,46,47,48)/b51-49+,52-50+. The molecule has 24 nitrogen and oxygen atoms in total. The van der Waals surface area contributed by atoms with Crippen LogP contribution in [0.5, 0.6) is 11.5 Å². The Labute approximate surface area is 416 Å². The summed E-state index contributed by atoms with van der Waals surface area (Å²) < 4.78 is 87.9. The van der Waals surface area contributed by atoms with Gasteiger partial charge in [-0.2, -0.15) is 40.5 Å². The lowest BCUT2D eigenvalue weighted by molar-refractivity contribution is 0.280. The molecule has 28 heteroatoms. The lowest BCUT2D eigenvalue weighted by Gasteiger charge is -2.25. The van der Waals surface area contributed by atoms with Crippen molar-refractivity contribution in [3.8, 4) is 11.5 Å². The fourth-order valence-electron chi connectivity index (χ4n) is 7.32. The van der Waals surface area contributed by atoms with Gasteiger partial charge in [-0.25, -0.2) is 0 Å². The molecular weight excluding hydrogens is 1000 g/mol. The molecule has 0 bridgehead atoms. The van der Waals surface area contributed by atoms with Gasteiger partial charge in [0.2, 0.25) is 17.8 Å². The van der Waals surface area contributed by atoms with Gasteiger partial charge in [-0.1, -0.05) is 0 Å². The number of rotatable bonds is 23. The van der Waals surface area contributed by atoms with Gasteiger partial charge in [0.1, 0.15) is 22.9 Å². The second-order valence-corrected chi connectivity index (χ2v) is 19.4. The molecule has 0 unspecified atom stereocenters. The summed E-state index contributed by atoms with van der Waals surface area (Å²) in [7, 11) is -6.02. The first kappa shape index (κ1) is 52.0. The number of hydrogen-bond donors (Lipinski definition) is 6. The van der Waals surface area contributed by atoms with Gasteiger partial charge in [-0.05, 0) is 99.3 Å². The normalized spacial score (nSPS) is 12.1. The van der Waals surface area contributed by atoms with E-state index >= 15 is 0 Å². The molecule has 0 fully saturated rings. The van der Waals surface area contributed by atoms with Crippen molar-refractivity contribution < 1.29 is 45.6 Å². The number of benzene rings is 4. The van der Waals surface area contributed by atoms with Gasteiger partial charge in [-0.15, -0.1) is 20.5 Å². The highest BCUT2D eigenvalue weighted by Gasteiger charge is 2.22. The van der Waals surface area contributed by atoms with Crippen molar-refractivity contribution in [1.29, 1.82) is 0 Å². The van der Waals surface area contributed by atoms with Crippen LogP contribution in [0.4, 0.5) is 62.0 Å². The number of aromatic nitrogens is 5. The molecule has 3 aromatic heterocycles. The lowest BCUT2D eigenvalue weighted by Crippen LogP contribution is -2.31.